The van der Waals surface area contributed by atoms with E-state index in [0.29, 0.717) is 23.2 Å². The van der Waals surface area contributed by atoms with Crippen molar-refractivity contribution in [3.8, 4) is 11.1 Å². The number of benzene rings is 3. The van der Waals surface area contributed by atoms with Gasteiger partial charge in [0.05, 0.1) is 6.10 Å². The van der Waals surface area contributed by atoms with Crippen LogP contribution in [0.5, 0.6) is 0 Å². The Hall–Kier alpha value is -3.54. The molecule has 0 aliphatic heterocycles. The largest absolute Gasteiger partial charge is 0.389 e. The number of hydrogen-bond acceptors (Lipinski definition) is 4. The van der Waals surface area contributed by atoms with E-state index >= 15 is 0 Å². The number of rotatable bonds is 5. The first-order valence-electron chi connectivity index (χ1n) is 11.0. The first kappa shape index (κ1) is 22.6. The summed E-state index contributed by atoms with van der Waals surface area (Å²) in [6, 6.07) is 20.1. The van der Waals surface area contributed by atoms with Gasteiger partial charge < -0.3 is 15.5 Å². The van der Waals surface area contributed by atoms with Gasteiger partial charge in [-0.05, 0) is 79.8 Å². The summed E-state index contributed by atoms with van der Waals surface area (Å²) in [5.41, 5.74) is 3.96. The molecule has 2 atom stereocenters. The van der Waals surface area contributed by atoms with Gasteiger partial charge in [-0.3, -0.25) is 9.59 Å². The third-order valence-electron chi connectivity index (χ3n) is 6.06. The van der Waals surface area contributed by atoms with E-state index in [1.807, 2.05) is 44.2 Å². The molecule has 4 rings (SSSR count). The van der Waals surface area contributed by atoms with Gasteiger partial charge in [0.25, 0.3) is 5.91 Å². The highest BCUT2D eigenvalue weighted by molar-refractivity contribution is 6.09. The summed E-state index contributed by atoms with van der Waals surface area (Å²) >= 11 is 0. The maximum absolute atomic E-state index is 13.1. The number of carbonyl (C=O) groups is 2. The number of aliphatic hydroxyl groups excluding tert-OH is 1. The second kappa shape index (κ2) is 9.14. The molecule has 3 aromatic carbocycles. The van der Waals surface area contributed by atoms with Crippen molar-refractivity contribution in [1.29, 1.82) is 0 Å². The van der Waals surface area contributed by atoms with Crippen molar-refractivity contribution in [3.63, 3.8) is 0 Å². The predicted octanol–water partition coefficient (Wildman–Crippen LogP) is 4.85. The standard InChI is InChI=1S/C28H27NO4/c1-18-7-12-23(19(2)17-18)24-5-3-4-6-25(24)27(32)29-21-10-8-20(9-11-21)26(31)28(33)15-13-22(30)14-16-28/h3-13,15,17,22,30,33H,14,16H2,1-2H3,(H,29,32). The first-order valence-corrected chi connectivity index (χ1v) is 11.0. The van der Waals surface area contributed by atoms with Crippen molar-refractivity contribution in [1.82, 2.24) is 0 Å². The quantitative estimate of drug-likeness (QED) is 0.390. The number of ketones is 1. The minimum atomic E-state index is -1.62. The molecule has 0 spiro atoms. The normalized spacial score (nSPS) is 19.8. The molecule has 168 valence electrons. The molecular formula is C28H27NO4. The smallest absolute Gasteiger partial charge is 0.256 e. The van der Waals surface area contributed by atoms with Crippen LogP contribution in [0.3, 0.4) is 0 Å². The molecule has 0 saturated heterocycles. The Morgan fingerprint density at radius 1 is 0.970 bits per heavy atom. The zero-order valence-electron chi connectivity index (χ0n) is 18.7. The van der Waals surface area contributed by atoms with Gasteiger partial charge in [-0.25, -0.2) is 0 Å². The molecule has 5 heteroatoms. The zero-order valence-corrected chi connectivity index (χ0v) is 18.7. The lowest BCUT2D eigenvalue weighted by Crippen LogP contribution is -2.39. The molecule has 0 aromatic heterocycles. The molecule has 0 saturated carbocycles. The first-order chi connectivity index (χ1) is 15.8. The number of nitrogens with one attached hydrogen (secondary N) is 1. The molecule has 1 aliphatic carbocycles. The second-order valence-corrected chi connectivity index (χ2v) is 8.61. The van der Waals surface area contributed by atoms with Crippen LogP contribution >= 0.6 is 0 Å². The van der Waals surface area contributed by atoms with Crippen LogP contribution in [0.4, 0.5) is 5.69 Å². The molecule has 5 nitrogen and oxygen atoms in total. The van der Waals surface area contributed by atoms with Crippen LogP contribution in [0, 0.1) is 13.8 Å². The van der Waals surface area contributed by atoms with Crippen LogP contribution in [0.1, 0.15) is 44.7 Å². The molecule has 0 bridgehead atoms. The molecule has 0 radical (unpaired) electrons. The number of aliphatic hydroxyl groups is 2. The lowest BCUT2D eigenvalue weighted by molar-refractivity contribution is 0.0392. The van der Waals surface area contributed by atoms with Gasteiger partial charge in [-0.2, -0.15) is 0 Å². The monoisotopic (exact) mass is 441 g/mol. The Kier molecular flexibility index (Phi) is 6.27. The molecular weight excluding hydrogens is 414 g/mol. The van der Waals surface area contributed by atoms with E-state index in [1.165, 1.54) is 12.2 Å². The fourth-order valence-electron chi connectivity index (χ4n) is 4.19. The Morgan fingerprint density at radius 2 is 1.70 bits per heavy atom. The number of amides is 1. The van der Waals surface area contributed by atoms with Crippen molar-refractivity contribution < 1.29 is 19.8 Å². The zero-order chi connectivity index (χ0) is 23.6. The fourth-order valence-corrected chi connectivity index (χ4v) is 4.19. The number of anilines is 1. The summed E-state index contributed by atoms with van der Waals surface area (Å²) in [5.74, 6) is -0.670. The number of Topliss-reactive ketones (excluding diaryl/α,β-unsaturated/α-hetero) is 1. The fraction of sp³-hybridized carbons (Fsp3) is 0.214. The Balaban J connectivity index is 1.53. The van der Waals surface area contributed by atoms with Crippen LogP contribution < -0.4 is 5.32 Å². The average Bonchev–Trinajstić information content (AvgIpc) is 2.81. The van der Waals surface area contributed by atoms with Crippen LogP contribution in [-0.2, 0) is 0 Å². The topological polar surface area (TPSA) is 86.6 Å². The SMILES string of the molecule is Cc1ccc(-c2ccccc2C(=O)Nc2ccc(C(=O)C3(O)C=CC(O)CC3)cc2)c(C)c1. The minimum absolute atomic E-state index is 0.164. The minimum Gasteiger partial charge on any atom is -0.389 e. The predicted molar refractivity (Wildman–Crippen MR) is 129 cm³/mol. The summed E-state index contributed by atoms with van der Waals surface area (Å²) < 4.78 is 0. The lowest BCUT2D eigenvalue weighted by Gasteiger charge is -2.27. The highest BCUT2D eigenvalue weighted by Crippen LogP contribution is 2.29. The third-order valence-corrected chi connectivity index (χ3v) is 6.06. The molecule has 2 unspecified atom stereocenters. The summed E-state index contributed by atoms with van der Waals surface area (Å²) in [6.07, 6.45) is 2.67. The highest BCUT2D eigenvalue weighted by Gasteiger charge is 2.36. The molecule has 1 aliphatic rings. The van der Waals surface area contributed by atoms with E-state index in [2.05, 4.69) is 11.4 Å². The second-order valence-electron chi connectivity index (χ2n) is 8.61. The van der Waals surface area contributed by atoms with Crippen LogP contribution in [0.2, 0.25) is 0 Å². The molecule has 3 aromatic rings. The highest BCUT2D eigenvalue weighted by atomic mass is 16.3. The Bertz CT molecular complexity index is 1230. The summed E-state index contributed by atoms with van der Waals surface area (Å²) in [7, 11) is 0. The molecule has 3 N–H and O–H groups in total. The number of carbonyl (C=O) groups excluding carboxylic acids is 2. The van der Waals surface area contributed by atoms with Crippen molar-refractivity contribution in [2.75, 3.05) is 5.32 Å². The van der Waals surface area contributed by atoms with Crippen LogP contribution in [-0.4, -0.2) is 33.6 Å². The van der Waals surface area contributed by atoms with Crippen molar-refractivity contribution in [3.05, 3.63) is 101 Å². The van der Waals surface area contributed by atoms with Crippen molar-refractivity contribution >= 4 is 17.4 Å². The van der Waals surface area contributed by atoms with E-state index in [9.17, 15) is 19.8 Å². The third kappa shape index (κ3) is 4.80. The summed E-state index contributed by atoms with van der Waals surface area (Å²) in [4.78, 5) is 25.9. The van der Waals surface area contributed by atoms with Crippen LogP contribution in [0.25, 0.3) is 11.1 Å². The van der Waals surface area contributed by atoms with Crippen LogP contribution in [0.15, 0.2) is 78.9 Å². The molecule has 33 heavy (non-hydrogen) atoms. The van der Waals surface area contributed by atoms with Crippen molar-refractivity contribution in [2.24, 2.45) is 0 Å². The molecule has 0 fully saturated rings. The van der Waals surface area contributed by atoms with E-state index in [1.54, 1.807) is 30.3 Å². The summed E-state index contributed by atoms with van der Waals surface area (Å²) in [6.45, 7) is 4.07. The Morgan fingerprint density at radius 3 is 2.36 bits per heavy atom. The van der Waals surface area contributed by atoms with E-state index in [4.69, 9.17) is 0 Å². The van der Waals surface area contributed by atoms with Gasteiger partial charge in [-0.1, -0.05) is 48.0 Å². The maximum atomic E-state index is 13.1. The van der Waals surface area contributed by atoms with E-state index in [0.717, 1.165) is 22.3 Å². The van der Waals surface area contributed by atoms with E-state index in [-0.39, 0.29) is 12.3 Å². The van der Waals surface area contributed by atoms with Crippen molar-refractivity contribution in [2.45, 2.75) is 38.4 Å². The average molecular weight is 442 g/mol. The lowest BCUT2D eigenvalue weighted by atomic mass is 9.83. The van der Waals surface area contributed by atoms with Gasteiger partial charge in [-0.15, -0.1) is 0 Å². The van der Waals surface area contributed by atoms with Gasteiger partial charge >= 0.3 is 0 Å². The number of hydrogen-bond donors (Lipinski definition) is 3. The molecule has 1 amide bonds. The van der Waals surface area contributed by atoms with Gasteiger partial charge in [0.15, 0.2) is 5.78 Å². The molecule has 0 heterocycles. The van der Waals surface area contributed by atoms with Gasteiger partial charge in [0, 0.05) is 16.8 Å². The summed E-state index contributed by atoms with van der Waals surface area (Å²) in [5, 5.41) is 23.1. The number of aryl methyl sites for hydroxylation is 2. The van der Waals surface area contributed by atoms with E-state index < -0.39 is 17.5 Å². The van der Waals surface area contributed by atoms with Gasteiger partial charge in [0.1, 0.15) is 5.60 Å². The Labute approximate surface area is 193 Å². The maximum Gasteiger partial charge on any atom is 0.256 e. The van der Waals surface area contributed by atoms with Gasteiger partial charge in [0.2, 0.25) is 0 Å².